The van der Waals surface area contributed by atoms with Gasteiger partial charge >= 0.3 is 12.0 Å². The number of nitrogens with zero attached hydrogens (tertiary/aromatic N) is 2. The molecule has 1 N–H and O–H groups in total. The van der Waals surface area contributed by atoms with Crippen LogP contribution < -0.4 is 5.32 Å². The fourth-order valence-corrected chi connectivity index (χ4v) is 1.62. The number of nitrogens with one attached hydrogen (secondary N) is 1. The van der Waals surface area contributed by atoms with Gasteiger partial charge in [-0.3, -0.25) is 4.57 Å². The fourth-order valence-electron chi connectivity index (χ4n) is 1.62. The molecule has 2 aromatic rings. The van der Waals surface area contributed by atoms with Gasteiger partial charge in [0.15, 0.2) is 6.04 Å². The Morgan fingerprint density at radius 2 is 2.05 bits per heavy atom. The van der Waals surface area contributed by atoms with Crippen molar-refractivity contribution in [1.29, 1.82) is 0 Å². The van der Waals surface area contributed by atoms with Crippen LogP contribution in [0.25, 0.3) is 0 Å². The smallest absolute Gasteiger partial charge is 0.333 e. The van der Waals surface area contributed by atoms with Crippen LogP contribution in [0.15, 0.2) is 49.1 Å². The average Bonchev–Trinajstić information content (AvgIpc) is 2.99. The Bertz CT molecular complexity index is 552. The first-order valence-corrected chi connectivity index (χ1v) is 5.64. The van der Waals surface area contributed by atoms with Crippen molar-refractivity contribution in [1.82, 2.24) is 14.9 Å². The number of aromatic nitrogens is 2. The molecule has 0 saturated carbocycles. The number of carbonyl (C=O) groups is 2. The zero-order chi connectivity index (χ0) is 13.7. The topological polar surface area (TPSA) is 73.2 Å². The van der Waals surface area contributed by atoms with E-state index in [9.17, 15) is 9.59 Å². The van der Waals surface area contributed by atoms with Gasteiger partial charge < -0.3 is 10.1 Å². The number of esters is 1. The maximum atomic E-state index is 11.9. The summed E-state index contributed by atoms with van der Waals surface area (Å²) in [5.41, 5.74) is 0.655. The highest BCUT2D eigenvalue weighted by molar-refractivity contribution is 5.85. The second-order valence-electron chi connectivity index (χ2n) is 3.79. The Labute approximate surface area is 110 Å². The van der Waals surface area contributed by atoms with E-state index in [1.165, 1.54) is 30.4 Å². The maximum Gasteiger partial charge on any atom is 0.333 e. The van der Waals surface area contributed by atoms with Crippen LogP contribution in [0, 0.1) is 0 Å². The molecular weight excluding hydrogens is 246 g/mol. The number of methoxy groups -OCH3 is 1. The molecular formula is C13H13N3O3. The molecule has 6 nitrogen and oxygen atoms in total. The molecule has 1 aromatic heterocycles. The third-order valence-electron chi connectivity index (χ3n) is 2.58. The molecule has 0 aliphatic rings. The van der Waals surface area contributed by atoms with Gasteiger partial charge in [0.05, 0.1) is 7.11 Å². The lowest BCUT2D eigenvalue weighted by molar-refractivity contribution is -0.143. The quantitative estimate of drug-likeness (QED) is 0.844. The van der Waals surface area contributed by atoms with Crippen molar-refractivity contribution < 1.29 is 14.3 Å². The molecule has 0 saturated heterocycles. The molecule has 0 aliphatic heterocycles. The van der Waals surface area contributed by atoms with Gasteiger partial charge in [-0.05, 0) is 5.56 Å². The van der Waals surface area contributed by atoms with Crippen molar-refractivity contribution in [3.63, 3.8) is 0 Å². The molecule has 19 heavy (non-hydrogen) atoms. The SMILES string of the molecule is COC(=O)C(NC(=O)n1ccnc1)c1ccccc1. The molecule has 0 radical (unpaired) electrons. The first kappa shape index (κ1) is 12.8. The van der Waals surface area contributed by atoms with Crippen molar-refractivity contribution in [3.8, 4) is 0 Å². The lowest BCUT2D eigenvalue weighted by Gasteiger charge is -2.16. The van der Waals surface area contributed by atoms with E-state index in [-0.39, 0.29) is 0 Å². The summed E-state index contributed by atoms with van der Waals surface area (Å²) in [5.74, 6) is -0.528. The van der Waals surface area contributed by atoms with Gasteiger partial charge in [-0.25, -0.2) is 14.6 Å². The second kappa shape index (κ2) is 5.81. The predicted molar refractivity (Wildman–Crippen MR) is 67.4 cm³/mol. The lowest BCUT2D eigenvalue weighted by atomic mass is 10.1. The van der Waals surface area contributed by atoms with E-state index in [1.807, 2.05) is 6.07 Å². The minimum Gasteiger partial charge on any atom is -0.467 e. The zero-order valence-electron chi connectivity index (χ0n) is 10.3. The van der Waals surface area contributed by atoms with E-state index in [0.29, 0.717) is 5.56 Å². The summed E-state index contributed by atoms with van der Waals surface area (Å²) in [6.45, 7) is 0. The van der Waals surface area contributed by atoms with E-state index >= 15 is 0 Å². The van der Waals surface area contributed by atoms with Crippen molar-refractivity contribution in [2.75, 3.05) is 7.11 Å². The number of amides is 1. The molecule has 1 heterocycles. The number of rotatable bonds is 3. The highest BCUT2D eigenvalue weighted by atomic mass is 16.5. The van der Waals surface area contributed by atoms with Crippen LogP contribution in [-0.4, -0.2) is 28.7 Å². The molecule has 1 unspecified atom stereocenters. The zero-order valence-corrected chi connectivity index (χ0v) is 10.3. The Morgan fingerprint density at radius 1 is 1.32 bits per heavy atom. The van der Waals surface area contributed by atoms with Crippen molar-refractivity contribution in [2.45, 2.75) is 6.04 Å². The number of hydrogen-bond donors (Lipinski definition) is 1. The van der Waals surface area contributed by atoms with Gasteiger partial charge in [-0.1, -0.05) is 30.3 Å². The number of hydrogen-bond acceptors (Lipinski definition) is 4. The lowest BCUT2D eigenvalue weighted by Crippen LogP contribution is -2.36. The third kappa shape index (κ3) is 2.98. The molecule has 0 aliphatic carbocycles. The standard InChI is InChI=1S/C13H13N3O3/c1-19-12(17)11(10-5-3-2-4-6-10)15-13(18)16-8-7-14-9-16/h2-9,11H,1H3,(H,15,18). The predicted octanol–water partition coefficient (Wildman–Crippen LogP) is 1.36. The minimum absolute atomic E-state index is 0.447. The molecule has 6 heteroatoms. The van der Waals surface area contributed by atoms with Gasteiger partial charge in [-0.2, -0.15) is 0 Å². The van der Waals surface area contributed by atoms with Crippen molar-refractivity contribution >= 4 is 12.0 Å². The van der Waals surface area contributed by atoms with Crippen molar-refractivity contribution in [2.24, 2.45) is 0 Å². The normalized spacial score (nSPS) is 11.6. The van der Waals surface area contributed by atoms with Crippen LogP contribution in [0.1, 0.15) is 11.6 Å². The summed E-state index contributed by atoms with van der Waals surface area (Å²) in [5, 5.41) is 2.60. The second-order valence-corrected chi connectivity index (χ2v) is 3.79. The van der Waals surface area contributed by atoms with Crippen LogP contribution in [0.4, 0.5) is 4.79 Å². The first-order chi connectivity index (χ1) is 9.22. The average molecular weight is 259 g/mol. The van der Waals surface area contributed by atoms with E-state index < -0.39 is 18.0 Å². The largest absolute Gasteiger partial charge is 0.467 e. The summed E-state index contributed by atoms with van der Waals surface area (Å²) in [7, 11) is 1.28. The third-order valence-corrected chi connectivity index (χ3v) is 2.58. The molecule has 1 aromatic carbocycles. The summed E-state index contributed by atoms with van der Waals surface area (Å²) in [4.78, 5) is 27.4. The fraction of sp³-hybridized carbons (Fsp3) is 0.154. The van der Waals surface area contributed by atoms with Crippen LogP contribution >= 0.6 is 0 Å². The molecule has 0 bridgehead atoms. The maximum absolute atomic E-state index is 11.9. The Morgan fingerprint density at radius 3 is 2.63 bits per heavy atom. The van der Waals surface area contributed by atoms with E-state index in [4.69, 9.17) is 4.74 Å². The first-order valence-electron chi connectivity index (χ1n) is 5.64. The van der Waals surface area contributed by atoms with Gasteiger partial charge in [0.1, 0.15) is 6.33 Å². The van der Waals surface area contributed by atoms with Gasteiger partial charge in [0.25, 0.3) is 0 Å². The summed E-state index contributed by atoms with van der Waals surface area (Å²) >= 11 is 0. The van der Waals surface area contributed by atoms with Crippen LogP contribution in [-0.2, 0) is 9.53 Å². The summed E-state index contributed by atoms with van der Waals surface area (Å²) < 4.78 is 5.96. The Hall–Kier alpha value is -2.63. The monoisotopic (exact) mass is 259 g/mol. The van der Waals surface area contributed by atoms with Crippen LogP contribution in [0.5, 0.6) is 0 Å². The van der Waals surface area contributed by atoms with E-state index in [2.05, 4.69) is 10.3 Å². The Kier molecular flexibility index (Phi) is 3.92. The Balaban J connectivity index is 2.20. The van der Waals surface area contributed by atoms with Crippen LogP contribution in [0.3, 0.4) is 0 Å². The number of carbonyl (C=O) groups excluding carboxylic acids is 2. The summed E-state index contributed by atoms with van der Waals surface area (Å²) in [6.07, 6.45) is 4.33. The highest BCUT2D eigenvalue weighted by Gasteiger charge is 2.23. The minimum atomic E-state index is -0.846. The van der Waals surface area contributed by atoms with E-state index in [1.54, 1.807) is 24.3 Å². The van der Waals surface area contributed by atoms with Gasteiger partial charge in [-0.15, -0.1) is 0 Å². The van der Waals surface area contributed by atoms with Crippen molar-refractivity contribution in [3.05, 3.63) is 54.6 Å². The number of imidazole rings is 1. The molecule has 0 spiro atoms. The highest BCUT2D eigenvalue weighted by Crippen LogP contribution is 2.14. The van der Waals surface area contributed by atoms with Crippen LogP contribution in [0.2, 0.25) is 0 Å². The molecule has 1 amide bonds. The molecule has 2 rings (SSSR count). The van der Waals surface area contributed by atoms with E-state index in [0.717, 1.165) is 0 Å². The summed E-state index contributed by atoms with van der Waals surface area (Å²) in [6, 6.07) is 7.60. The van der Waals surface area contributed by atoms with Gasteiger partial charge in [0.2, 0.25) is 0 Å². The molecule has 0 fully saturated rings. The number of benzene rings is 1. The molecule has 98 valence electrons. The van der Waals surface area contributed by atoms with Gasteiger partial charge in [0, 0.05) is 12.4 Å². The number of ether oxygens (including phenoxy) is 1. The molecule has 1 atom stereocenters.